The van der Waals surface area contributed by atoms with Crippen molar-refractivity contribution in [3.8, 4) is 10.6 Å². The Balaban J connectivity index is 1.76. The Kier molecular flexibility index (Phi) is 5.00. The molecular formula is C17H18N4O2S. The van der Waals surface area contributed by atoms with E-state index in [1.165, 1.54) is 21.4 Å². The Labute approximate surface area is 144 Å². The molecule has 0 radical (unpaired) electrons. The van der Waals surface area contributed by atoms with Gasteiger partial charge in [0.2, 0.25) is 5.91 Å². The largest absolute Gasteiger partial charge is 0.291 e. The lowest BCUT2D eigenvalue weighted by Crippen LogP contribution is -2.44. The van der Waals surface area contributed by atoms with Crippen LogP contribution in [0.25, 0.3) is 10.6 Å². The van der Waals surface area contributed by atoms with Gasteiger partial charge in [-0.2, -0.15) is 0 Å². The summed E-state index contributed by atoms with van der Waals surface area (Å²) < 4.78 is 0. The maximum atomic E-state index is 12.7. The van der Waals surface area contributed by atoms with Crippen LogP contribution in [-0.2, 0) is 4.79 Å². The summed E-state index contributed by atoms with van der Waals surface area (Å²) in [7, 11) is 0. The van der Waals surface area contributed by atoms with Gasteiger partial charge in [0.15, 0.2) is 0 Å². The van der Waals surface area contributed by atoms with Crippen molar-refractivity contribution in [1.82, 2.24) is 20.0 Å². The maximum absolute atomic E-state index is 12.7. The van der Waals surface area contributed by atoms with E-state index in [4.69, 9.17) is 0 Å². The van der Waals surface area contributed by atoms with E-state index in [2.05, 4.69) is 9.97 Å². The van der Waals surface area contributed by atoms with Gasteiger partial charge in [-0.05, 0) is 25.5 Å². The topological polar surface area (TPSA) is 66.4 Å². The molecule has 3 rings (SSSR count). The van der Waals surface area contributed by atoms with Crippen LogP contribution in [0.15, 0.2) is 42.1 Å². The van der Waals surface area contributed by atoms with E-state index in [9.17, 15) is 9.59 Å². The van der Waals surface area contributed by atoms with E-state index in [0.717, 1.165) is 17.0 Å². The molecule has 0 spiro atoms. The number of rotatable bonds is 4. The summed E-state index contributed by atoms with van der Waals surface area (Å²) >= 11 is 1.40. The first kappa shape index (κ1) is 16.3. The fourth-order valence-electron chi connectivity index (χ4n) is 2.53. The van der Waals surface area contributed by atoms with Gasteiger partial charge in [-0.15, -0.1) is 11.3 Å². The number of allylic oxidation sites excluding steroid dienone is 1. The number of carbonyl (C=O) groups is 2. The minimum Gasteiger partial charge on any atom is -0.273 e. The minimum absolute atomic E-state index is 0.0679. The molecule has 6 nitrogen and oxygen atoms in total. The maximum Gasteiger partial charge on any atom is 0.291 e. The number of nitrogens with zero attached hydrogens (tertiary/aromatic N) is 4. The van der Waals surface area contributed by atoms with Gasteiger partial charge in [0.1, 0.15) is 10.7 Å². The van der Waals surface area contributed by atoms with Crippen molar-refractivity contribution in [3.63, 3.8) is 0 Å². The number of hydrogen-bond donors (Lipinski definition) is 0. The normalized spacial score (nSPS) is 14.5. The number of hydrazine groups is 1. The van der Waals surface area contributed by atoms with Crippen LogP contribution in [0.5, 0.6) is 0 Å². The number of hydrogen-bond acceptors (Lipinski definition) is 5. The van der Waals surface area contributed by atoms with E-state index in [-0.39, 0.29) is 11.8 Å². The van der Waals surface area contributed by atoms with E-state index in [1.807, 2.05) is 25.1 Å². The third-order valence-electron chi connectivity index (χ3n) is 3.71. The smallest absolute Gasteiger partial charge is 0.273 e. The van der Waals surface area contributed by atoms with Crippen LogP contribution in [0, 0.1) is 0 Å². The van der Waals surface area contributed by atoms with Gasteiger partial charge >= 0.3 is 0 Å². The van der Waals surface area contributed by atoms with Crippen molar-refractivity contribution in [2.24, 2.45) is 0 Å². The Morgan fingerprint density at radius 2 is 2.17 bits per heavy atom. The number of amides is 2. The summed E-state index contributed by atoms with van der Waals surface area (Å²) in [4.78, 5) is 33.4. The van der Waals surface area contributed by atoms with Crippen molar-refractivity contribution in [1.29, 1.82) is 0 Å². The molecule has 1 aliphatic heterocycles. The minimum atomic E-state index is -0.229. The van der Waals surface area contributed by atoms with Crippen molar-refractivity contribution < 1.29 is 9.59 Å². The second kappa shape index (κ2) is 7.35. The molecule has 3 heterocycles. The fraction of sp³-hybridized carbons (Fsp3) is 0.294. The van der Waals surface area contributed by atoms with E-state index in [1.54, 1.807) is 23.8 Å². The molecule has 1 saturated heterocycles. The van der Waals surface area contributed by atoms with Crippen LogP contribution < -0.4 is 0 Å². The van der Waals surface area contributed by atoms with Crippen molar-refractivity contribution in [3.05, 3.63) is 47.8 Å². The molecule has 0 bridgehead atoms. The predicted molar refractivity (Wildman–Crippen MR) is 92.1 cm³/mol. The summed E-state index contributed by atoms with van der Waals surface area (Å²) in [6, 6.07) is 3.74. The number of carbonyl (C=O) groups excluding carboxylic acids is 2. The summed E-state index contributed by atoms with van der Waals surface area (Å²) in [5.74, 6) is -0.297. The first-order valence-corrected chi connectivity index (χ1v) is 8.68. The lowest BCUT2D eigenvalue weighted by Gasteiger charge is -2.26. The average molecular weight is 342 g/mol. The van der Waals surface area contributed by atoms with Gasteiger partial charge in [0, 0.05) is 42.8 Å². The second-order valence-electron chi connectivity index (χ2n) is 5.35. The van der Waals surface area contributed by atoms with Crippen LogP contribution in [0.4, 0.5) is 0 Å². The molecule has 0 unspecified atom stereocenters. The molecule has 1 fully saturated rings. The summed E-state index contributed by atoms with van der Waals surface area (Å²) in [5, 5.41) is 5.52. The zero-order valence-corrected chi connectivity index (χ0v) is 14.2. The molecule has 0 saturated carbocycles. The van der Waals surface area contributed by atoms with Gasteiger partial charge < -0.3 is 0 Å². The molecule has 124 valence electrons. The number of aromatic nitrogens is 2. The molecule has 2 amide bonds. The van der Waals surface area contributed by atoms with Crippen LogP contribution in [0.1, 0.15) is 30.3 Å². The Bertz CT molecular complexity index is 757. The lowest BCUT2D eigenvalue weighted by atomic mass is 10.3. The monoisotopic (exact) mass is 342 g/mol. The van der Waals surface area contributed by atoms with E-state index >= 15 is 0 Å². The van der Waals surface area contributed by atoms with Crippen LogP contribution in [0.3, 0.4) is 0 Å². The number of pyridine rings is 1. The Hall–Kier alpha value is -2.54. The molecule has 2 aromatic rings. The summed E-state index contributed by atoms with van der Waals surface area (Å²) in [5.41, 5.74) is 1.24. The second-order valence-corrected chi connectivity index (χ2v) is 6.21. The highest BCUT2D eigenvalue weighted by Gasteiger charge is 2.31. The molecular weight excluding hydrogens is 324 g/mol. The first-order valence-electron chi connectivity index (χ1n) is 7.80. The molecule has 0 aromatic carbocycles. The van der Waals surface area contributed by atoms with E-state index in [0.29, 0.717) is 25.2 Å². The van der Waals surface area contributed by atoms with Gasteiger partial charge in [-0.25, -0.2) is 9.99 Å². The standard InChI is InChI=1S/C17H18N4O2S/c1-2-3-7-15(22)20-9-5-10-21(20)17(23)14-12-24-16(19-14)13-6-4-8-18-11-13/h2-4,6,8,11-12H,5,7,9-10H2,1H3. The van der Waals surface area contributed by atoms with Crippen molar-refractivity contribution in [2.45, 2.75) is 19.8 Å². The SMILES string of the molecule is CC=CCC(=O)N1CCCN1C(=O)c1csc(-c2cccnc2)n1. The van der Waals surface area contributed by atoms with E-state index < -0.39 is 0 Å². The molecule has 0 aliphatic carbocycles. The molecule has 0 atom stereocenters. The first-order chi connectivity index (χ1) is 11.7. The third kappa shape index (κ3) is 3.35. The predicted octanol–water partition coefficient (Wildman–Crippen LogP) is 2.76. The van der Waals surface area contributed by atoms with Gasteiger partial charge in [0.05, 0.1) is 0 Å². The molecule has 24 heavy (non-hydrogen) atoms. The zero-order valence-electron chi connectivity index (χ0n) is 13.4. The Morgan fingerprint density at radius 1 is 1.33 bits per heavy atom. The average Bonchev–Trinajstić information content (AvgIpc) is 3.29. The van der Waals surface area contributed by atoms with Crippen LogP contribution in [0.2, 0.25) is 0 Å². The van der Waals surface area contributed by atoms with Crippen molar-refractivity contribution in [2.75, 3.05) is 13.1 Å². The quantitative estimate of drug-likeness (QED) is 0.801. The van der Waals surface area contributed by atoms with Crippen LogP contribution >= 0.6 is 11.3 Å². The Morgan fingerprint density at radius 3 is 2.92 bits per heavy atom. The third-order valence-corrected chi connectivity index (χ3v) is 4.60. The molecule has 7 heteroatoms. The van der Waals surface area contributed by atoms with Gasteiger partial charge in [-0.3, -0.25) is 19.6 Å². The highest BCUT2D eigenvalue weighted by atomic mass is 32.1. The molecule has 2 aromatic heterocycles. The highest BCUT2D eigenvalue weighted by Crippen LogP contribution is 2.24. The van der Waals surface area contributed by atoms with Crippen LogP contribution in [-0.4, -0.2) is 44.9 Å². The lowest BCUT2D eigenvalue weighted by molar-refractivity contribution is -0.139. The molecule has 0 N–H and O–H groups in total. The highest BCUT2D eigenvalue weighted by molar-refractivity contribution is 7.13. The van der Waals surface area contributed by atoms with Gasteiger partial charge in [-0.1, -0.05) is 12.2 Å². The number of thiazole rings is 1. The molecule has 1 aliphatic rings. The fourth-order valence-corrected chi connectivity index (χ4v) is 3.32. The van der Waals surface area contributed by atoms with Crippen molar-refractivity contribution >= 4 is 23.2 Å². The summed E-state index contributed by atoms with van der Waals surface area (Å²) in [6.45, 7) is 2.98. The van der Waals surface area contributed by atoms with Gasteiger partial charge in [0.25, 0.3) is 5.91 Å². The zero-order chi connectivity index (χ0) is 16.9. The summed E-state index contributed by atoms with van der Waals surface area (Å²) in [6.07, 6.45) is 8.14.